The molecule has 0 aromatic carbocycles. The Hall–Kier alpha value is -2.04. The van der Waals surface area contributed by atoms with Crippen LogP contribution in [0.15, 0.2) is 59.8 Å². The molecule has 188 valence electrons. The largest absolute Gasteiger partial charge is 0.377 e. The number of aliphatic imine (C=N–C) groups is 1. The van der Waals surface area contributed by atoms with Gasteiger partial charge in [0, 0.05) is 31.6 Å². The number of pyridine rings is 1. The molecule has 34 heavy (non-hydrogen) atoms. The predicted octanol–water partition coefficient (Wildman–Crippen LogP) is 7.65. The molecule has 0 N–H and O–H groups in total. The van der Waals surface area contributed by atoms with Crippen molar-refractivity contribution in [2.75, 3.05) is 20.3 Å². The van der Waals surface area contributed by atoms with Crippen molar-refractivity contribution in [2.24, 2.45) is 16.8 Å². The minimum absolute atomic E-state index is 0.691. The van der Waals surface area contributed by atoms with Gasteiger partial charge in [0.05, 0.1) is 25.5 Å². The van der Waals surface area contributed by atoms with E-state index in [-0.39, 0.29) is 0 Å². The predicted molar refractivity (Wildman–Crippen MR) is 144 cm³/mol. The molecule has 2 fully saturated rings. The van der Waals surface area contributed by atoms with E-state index < -0.39 is 0 Å². The van der Waals surface area contributed by atoms with Gasteiger partial charge < -0.3 is 9.47 Å². The van der Waals surface area contributed by atoms with E-state index in [0.29, 0.717) is 6.61 Å². The number of hydrogen-bond donors (Lipinski definition) is 0. The van der Waals surface area contributed by atoms with Crippen molar-refractivity contribution >= 4 is 6.21 Å². The van der Waals surface area contributed by atoms with Gasteiger partial charge in [0.25, 0.3) is 0 Å². The van der Waals surface area contributed by atoms with Gasteiger partial charge in [-0.1, -0.05) is 69.6 Å². The molecule has 1 aromatic rings. The third-order valence-corrected chi connectivity index (χ3v) is 7.00. The molecule has 1 aromatic heterocycles. The van der Waals surface area contributed by atoms with Crippen LogP contribution in [0.2, 0.25) is 0 Å². The van der Waals surface area contributed by atoms with Crippen molar-refractivity contribution in [3.8, 4) is 0 Å². The fourth-order valence-electron chi connectivity index (χ4n) is 5.31. The lowest BCUT2D eigenvalue weighted by Crippen LogP contribution is -2.22. The zero-order valence-corrected chi connectivity index (χ0v) is 21.6. The molecule has 0 radical (unpaired) electrons. The van der Waals surface area contributed by atoms with Crippen molar-refractivity contribution in [3.63, 3.8) is 0 Å². The number of aromatic nitrogens is 1. The summed E-state index contributed by atoms with van der Waals surface area (Å²) in [6.07, 6.45) is 22.4. The zero-order valence-electron chi connectivity index (χ0n) is 21.6. The van der Waals surface area contributed by atoms with Crippen LogP contribution in [0.4, 0.5) is 0 Å². The Morgan fingerprint density at radius 2 is 1.59 bits per heavy atom. The lowest BCUT2D eigenvalue weighted by molar-refractivity contribution is 0.133. The van der Waals surface area contributed by atoms with E-state index in [2.05, 4.69) is 35.3 Å². The molecule has 2 saturated carbocycles. The van der Waals surface area contributed by atoms with E-state index in [0.717, 1.165) is 50.2 Å². The summed E-state index contributed by atoms with van der Waals surface area (Å²) in [5.41, 5.74) is 4.92. The molecule has 0 amide bonds. The average molecular weight is 467 g/mol. The normalized spacial score (nSPS) is 23.9. The Morgan fingerprint density at radius 1 is 0.912 bits per heavy atom. The van der Waals surface area contributed by atoms with Gasteiger partial charge in [-0.25, -0.2) is 0 Å². The van der Waals surface area contributed by atoms with Gasteiger partial charge in [-0.15, -0.1) is 13.2 Å². The van der Waals surface area contributed by atoms with Crippen molar-refractivity contribution in [3.05, 3.63) is 66.0 Å². The molecule has 4 heteroatoms. The fraction of sp³-hybridized carbons (Fsp3) is 0.600. The lowest BCUT2D eigenvalue weighted by Gasteiger charge is -2.35. The van der Waals surface area contributed by atoms with Gasteiger partial charge in [-0.2, -0.15) is 0 Å². The Kier molecular flexibility index (Phi) is 14.4. The first kappa shape index (κ1) is 28.2. The van der Waals surface area contributed by atoms with Crippen LogP contribution in [0.25, 0.3) is 0 Å². The molecule has 3 heterocycles. The van der Waals surface area contributed by atoms with E-state index in [4.69, 9.17) is 9.47 Å². The molecule has 0 spiro atoms. The minimum Gasteiger partial charge on any atom is -0.377 e. The fourth-order valence-corrected chi connectivity index (χ4v) is 5.31. The van der Waals surface area contributed by atoms with Crippen LogP contribution in [-0.4, -0.2) is 31.5 Å². The summed E-state index contributed by atoms with van der Waals surface area (Å²) >= 11 is 0. The average Bonchev–Trinajstić information content (AvgIpc) is 3.28. The highest BCUT2D eigenvalue weighted by molar-refractivity contribution is 5.80. The Bertz CT molecular complexity index is 711. The van der Waals surface area contributed by atoms with Crippen molar-refractivity contribution < 1.29 is 9.47 Å². The number of allylic oxidation sites excluding steroid dienone is 2. The quantitative estimate of drug-likeness (QED) is 0.332. The molecular formula is C30H46N2O2. The first-order chi connectivity index (χ1) is 16.8. The number of hydrogen-bond acceptors (Lipinski definition) is 4. The Morgan fingerprint density at radius 3 is 2.18 bits per heavy atom. The second kappa shape index (κ2) is 17.4. The first-order valence-electron chi connectivity index (χ1n) is 13.2. The molecule has 2 aliphatic carbocycles. The summed E-state index contributed by atoms with van der Waals surface area (Å²) in [7, 11) is 1.81. The maximum absolute atomic E-state index is 5.47. The van der Waals surface area contributed by atoms with Gasteiger partial charge in [0.1, 0.15) is 0 Å². The van der Waals surface area contributed by atoms with Gasteiger partial charge >= 0.3 is 0 Å². The molecule has 2 aliphatic heterocycles. The van der Waals surface area contributed by atoms with Crippen LogP contribution >= 0.6 is 0 Å². The molecule has 0 bridgehead atoms. The van der Waals surface area contributed by atoms with Crippen LogP contribution in [0.3, 0.4) is 0 Å². The highest BCUT2D eigenvalue weighted by atomic mass is 16.5. The van der Waals surface area contributed by atoms with Gasteiger partial charge in [0.15, 0.2) is 0 Å². The van der Waals surface area contributed by atoms with E-state index >= 15 is 0 Å². The molecule has 4 nitrogen and oxygen atoms in total. The van der Waals surface area contributed by atoms with E-state index in [9.17, 15) is 0 Å². The molecular weight excluding hydrogens is 420 g/mol. The number of fused-ring (bicyclic) bond motifs is 2. The van der Waals surface area contributed by atoms with Crippen molar-refractivity contribution in [1.29, 1.82) is 0 Å². The maximum atomic E-state index is 5.47. The Labute approximate surface area is 208 Å². The maximum Gasteiger partial charge on any atom is 0.0896 e. The topological polar surface area (TPSA) is 43.7 Å². The highest BCUT2D eigenvalue weighted by Crippen LogP contribution is 2.40. The van der Waals surface area contributed by atoms with Crippen molar-refractivity contribution in [1.82, 2.24) is 4.98 Å². The van der Waals surface area contributed by atoms with E-state index in [1.807, 2.05) is 32.3 Å². The molecule has 4 aliphatic rings. The zero-order chi connectivity index (χ0) is 24.4. The summed E-state index contributed by atoms with van der Waals surface area (Å²) in [6, 6.07) is 3.99. The van der Waals surface area contributed by atoms with Crippen molar-refractivity contribution in [2.45, 2.75) is 84.3 Å². The highest BCUT2D eigenvalue weighted by Gasteiger charge is 2.26. The standard InChI is InChI=1S/C11H17NO.C10H18.C7H7NO.C2H4/c1-3-5-11-9-13-7-4-6-10(11)8-12-2;1-2-6-10-8-4-3-7-9(10)5-1;1-2-6-4-9-5-7(6)8-3-1;1-2/h3,5,8H,4,6-7,9H2,1-2H3;9-10H,1-8H2;1-3H,4-5H2;1-2H2/b5-3-,12-8?;;;. The lowest BCUT2D eigenvalue weighted by atomic mass is 9.71. The SMILES string of the molecule is C/C=C\C1=C(C=NC)CCCOC1.C1CCC2CCCCC2C1.C=C.c1cnc2c(c1)COC2. The summed E-state index contributed by atoms with van der Waals surface area (Å²) < 4.78 is 10.6. The van der Waals surface area contributed by atoms with Crippen LogP contribution in [0.5, 0.6) is 0 Å². The van der Waals surface area contributed by atoms with E-state index in [1.165, 1.54) is 42.4 Å². The third-order valence-electron chi connectivity index (χ3n) is 7.00. The van der Waals surface area contributed by atoms with Crippen LogP contribution in [0, 0.1) is 11.8 Å². The van der Waals surface area contributed by atoms with Gasteiger partial charge in [-0.3, -0.25) is 9.98 Å². The molecule has 0 unspecified atom stereocenters. The Balaban J connectivity index is 0.000000176. The third kappa shape index (κ3) is 9.68. The van der Waals surface area contributed by atoms with Crippen LogP contribution < -0.4 is 0 Å². The monoisotopic (exact) mass is 466 g/mol. The van der Waals surface area contributed by atoms with Crippen LogP contribution in [0.1, 0.15) is 82.4 Å². The molecule has 0 atom stereocenters. The summed E-state index contributed by atoms with van der Waals surface area (Å²) in [4.78, 5) is 8.20. The summed E-state index contributed by atoms with van der Waals surface area (Å²) in [6.45, 7) is 11.0. The summed E-state index contributed by atoms with van der Waals surface area (Å²) in [5.74, 6) is 2.31. The number of nitrogens with zero attached hydrogens (tertiary/aromatic N) is 2. The van der Waals surface area contributed by atoms with Gasteiger partial charge in [0.2, 0.25) is 0 Å². The molecule has 0 saturated heterocycles. The van der Waals surface area contributed by atoms with E-state index in [1.54, 1.807) is 31.9 Å². The number of rotatable bonds is 2. The molecule has 5 rings (SSSR count). The first-order valence-corrected chi connectivity index (χ1v) is 13.2. The van der Waals surface area contributed by atoms with Gasteiger partial charge in [-0.05, 0) is 48.8 Å². The summed E-state index contributed by atoms with van der Waals surface area (Å²) in [5, 5.41) is 0. The van der Waals surface area contributed by atoms with Crippen LogP contribution in [-0.2, 0) is 22.7 Å². The minimum atomic E-state index is 0.691. The second-order valence-corrected chi connectivity index (χ2v) is 9.29. The smallest absolute Gasteiger partial charge is 0.0896 e. The number of ether oxygens (including phenoxy) is 2. The second-order valence-electron chi connectivity index (χ2n) is 9.29.